The fourth-order valence-corrected chi connectivity index (χ4v) is 3.04. The minimum Gasteiger partial charge on any atom is -0.368 e. The van der Waals surface area contributed by atoms with Crippen LogP contribution in [0.5, 0.6) is 0 Å². The van der Waals surface area contributed by atoms with Crippen molar-refractivity contribution in [2.45, 2.75) is 32.1 Å². The highest BCUT2D eigenvalue weighted by Crippen LogP contribution is 2.27. The second kappa shape index (κ2) is 5.74. The highest BCUT2D eigenvalue weighted by atomic mass is 35.5. The normalized spacial score (nSPS) is 16.7. The van der Waals surface area contributed by atoms with E-state index in [1.807, 2.05) is 24.3 Å². The molecule has 1 N–H and O–H groups in total. The van der Waals surface area contributed by atoms with E-state index in [0.717, 1.165) is 29.1 Å². The number of fused-ring (bicyclic) bond motifs is 1. The zero-order chi connectivity index (χ0) is 13.1. The molecule has 1 saturated carbocycles. The predicted octanol–water partition coefficient (Wildman–Crippen LogP) is 4.28. The van der Waals surface area contributed by atoms with E-state index >= 15 is 0 Å². The van der Waals surface area contributed by atoms with E-state index in [2.05, 4.69) is 15.5 Å². The van der Waals surface area contributed by atoms with E-state index in [9.17, 15) is 0 Å². The number of halogens is 1. The number of hydrogen-bond acceptors (Lipinski definition) is 3. The molecule has 3 nitrogen and oxygen atoms in total. The Morgan fingerprint density at radius 1 is 1.05 bits per heavy atom. The standard InChI is InChI=1S/C15H18ClN3/c16-14-12-8-4-5-9-13(12)15(19-18-14)17-10-11-6-2-1-3-7-11/h4-5,8-9,11H,1-3,6-7,10H2,(H,17,19). The molecule has 0 aliphatic heterocycles. The van der Waals surface area contributed by atoms with Gasteiger partial charge < -0.3 is 5.32 Å². The van der Waals surface area contributed by atoms with E-state index < -0.39 is 0 Å². The molecule has 1 aromatic heterocycles. The number of nitrogens with one attached hydrogen (secondary N) is 1. The predicted molar refractivity (Wildman–Crippen MR) is 79.6 cm³/mol. The molecule has 19 heavy (non-hydrogen) atoms. The lowest BCUT2D eigenvalue weighted by molar-refractivity contribution is 0.373. The van der Waals surface area contributed by atoms with Gasteiger partial charge in [0.1, 0.15) is 0 Å². The van der Waals surface area contributed by atoms with Gasteiger partial charge in [0, 0.05) is 17.3 Å². The summed E-state index contributed by atoms with van der Waals surface area (Å²) < 4.78 is 0. The minimum absolute atomic E-state index is 0.471. The maximum absolute atomic E-state index is 6.08. The quantitative estimate of drug-likeness (QED) is 0.909. The number of benzene rings is 1. The Labute approximate surface area is 118 Å². The highest BCUT2D eigenvalue weighted by Gasteiger charge is 2.14. The lowest BCUT2D eigenvalue weighted by Gasteiger charge is -2.22. The molecule has 1 aliphatic rings. The first kappa shape index (κ1) is 12.7. The van der Waals surface area contributed by atoms with Crippen molar-refractivity contribution in [1.82, 2.24) is 10.2 Å². The van der Waals surface area contributed by atoms with Crippen molar-refractivity contribution in [3.8, 4) is 0 Å². The SMILES string of the molecule is Clc1nnc(NCC2CCCCC2)c2ccccc12. The monoisotopic (exact) mass is 275 g/mol. The molecule has 2 aromatic rings. The minimum atomic E-state index is 0.471. The zero-order valence-corrected chi connectivity index (χ0v) is 11.7. The molecule has 1 aromatic carbocycles. The second-order valence-corrected chi connectivity index (χ2v) is 5.63. The molecule has 0 atom stereocenters. The average molecular weight is 276 g/mol. The fourth-order valence-electron chi connectivity index (χ4n) is 2.83. The van der Waals surface area contributed by atoms with Gasteiger partial charge in [0.05, 0.1) is 0 Å². The van der Waals surface area contributed by atoms with Crippen molar-refractivity contribution >= 4 is 28.2 Å². The summed E-state index contributed by atoms with van der Waals surface area (Å²) in [6, 6.07) is 8.00. The van der Waals surface area contributed by atoms with E-state index in [1.165, 1.54) is 32.1 Å². The van der Waals surface area contributed by atoms with E-state index in [1.54, 1.807) is 0 Å². The van der Waals surface area contributed by atoms with E-state index in [0.29, 0.717) is 5.15 Å². The lowest BCUT2D eigenvalue weighted by atomic mass is 9.89. The van der Waals surface area contributed by atoms with Crippen LogP contribution in [0.3, 0.4) is 0 Å². The number of hydrogen-bond donors (Lipinski definition) is 1. The van der Waals surface area contributed by atoms with Crippen molar-refractivity contribution in [2.75, 3.05) is 11.9 Å². The van der Waals surface area contributed by atoms with Gasteiger partial charge in [0.15, 0.2) is 11.0 Å². The van der Waals surface area contributed by atoms with Crippen LogP contribution >= 0.6 is 11.6 Å². The van der Waals surface area contributed by atoms with Crippen molar-refractivity contribution in [3.63, 3.8) is 0 Å². The molecule has 0 radical (unpaired) electrons. The third-order valence-corrected chi connectivity index (χ3v) is 4.20. The highest BCUT2D eigenvalue weighted by molar-refractivity contribution is 6.34. The topological polar surface area (TPSA) is 37.8 Å². The molecule has 1 aliphatic carbocycles. The van der Waals surface area contributed by atoms with Crippen LogP contribution in [0.25, 0.3) is 10.8 Å². The molecular formula is C15H18ClN3. The van der Waals surface area contributed by atoms with Gasteiger partial charge in [-0.25, -0.2) is 0 Å². The lowest BCUT2D eigenvalue weighted by Crippen LogP contribution is -2.18. The Bertz CT molecular complexity index is 564. The van der Waals surface area contributed by atoms with Crippen LogP contribution in [-0.4, -0.2) is 16.7 Å². The summed E-state index contributed by atoms with van der Waals surface area (Å²) in [4.78, 5) is 0. The maximum atomic E-state index is 6.08. The summed E-state index contributed by atoms with van der Waals surface area (Å²) in [6.07, 6.45) is 6.76. The van der Waals surface area contributed by atoms with E-state index in [4.69, 9.17) is 11.6 Å². The largest absolute Gasteiger partial charge is 0.368 e. The van der Waals surface area contributed by atoms with Crippen LogP contribution in [0.2, 0.25) is 5.15 Å². The summed E-state index contributed by atoms with van der Waals surface area (Å²) in [5, 5.41) is 14.2. The third-order valence-electron chi connectivity index (χ3n) is 3.93. The first-order chi connectivity index (χ1) is 9.34. The van der Waals surface area contributed by atoms with Crippen LogP contribution in [0.15, 0.2) is 24.3 Å². The Kier molecular flexibility index (Phi) is 3.83. The first-order valence-corrected chi connectivity index (χ1v) is 7.37. The summed E-state index contributed by atoms with van der Waals surface area (Å²) in [6.45, 7) is 0.986. The Balaban J connectivity index is 1.79. The van der Waals surface area contributed by atoms with Crippen LogP contribution in [0, 0.1) is 5.92 Å². The molecule has 0 unspecified atom stereocenters. The average Bonchev–Trinajstić information content (AvgIpc) is 2.48. The summed E-state index contributed by atoms with van der Waals surface area (Å²) in [5.41, 5.74) is 0. The van der Waals surface area contributed by atoms with Gasteiger partial charge in [-0.3, -0.25) is 0 Å². The zero-order valence-electron chi connectivity index (χ0n) is 10.9. The van der Waals surface area contributed by atoms with Gasteiger partial charge in [-0.05, 0) is 18.8 Å². The molecule has 0 saturated heterocycles. The molecule has 3 rings (SSSR count). The van der Waals surface area contributed by atoms with Crippen molar-refractivity contribution in [1.29, 1.82) is 0 Å². The summed E-state index contributed by atoms with van der Waals surface area (Å²) in [5.74, 6) is 1.62. The number of nitrogens with zero attached hydrogens (tertiary/aromatic N) is 2. The van der Waals surface area contributed by atoms with Gasteiger partial charge in [-0.1, -0.05) is 55.1 Å². The molecule has 0 spiro atoms. The van der Waals surface area contributed by atoms with Crippen molar-refractivity contribution < 1.29 is 0 Å². The Morgan fingerprint density at radius 3 is 2.58 bits per heavy atom. The molecule has 4 heteroatoms. The van der Waals surface area contributed by atoms with Gasteiger partial charge >= 0.3 is 0 Å². The number of rotatable bonds is 3. The van der Waals surface area contributed by atoms with Crippen molar-refractivity contribution in [3.05, 3.63) is 29.4 Å². The van der Waals surface area contributed by atoms with Crippen LogP contribution in [0.4, 0.5) is 5.82 Å². The number of aromatic nitrogens is 2. The smallest absolute Gasteiger partial charge is 0.159 e. The van der Waals surface area contributed by atoms with Crippen molar-refractivity contribution in [2.24, 2.45) is 5.92 Å². The first-order valence-electron chi connectivity index (χ1n) is 6.99. The molecule has 100 valence electrons. The van der Waals surface area contributed by atoms with E-state index in [-0.39, 0.29) is 0 Å². The summed E-state index contributed by atoms with van der Waals surface area (Å²) >= 11 is 6.08. The van der Waals surface area contributed by atoms with Crippen LogP contribution in [0.1, 0.15) is 32.1 Å². The molecule has 1 heterocycles. The number of anilines is 1. The van der Waals surface area contributed by atoms with Gasteiger partial charge in [-0.2, -0.15) is 0 Å². The summed E-state index contributed by atoms with van der Waals surface area (Å²) in [7, 11) is 0. The maximum Gasteiger partial charge on any atom is 0.159 e. The fraction of sp³-hybridized carbons (Fsp3) is 0.467. The van der Waals surface area contributed by atoms with Gasteiger partial charge in [0.2, 0.25) is 0 Å². The van der Waals surface area contributed by atoms with Crippen LogP contribution < -0.4 is 5.32 Å². The molecule has 0 bridgehead atoms. The third kappa shape index (κ3) is 2.81. The molecule has 1 fully saturated rings. The van der Waals surface area contributed by atoms with Gasteiger partial charge in [0.25, 0.3) is 0 Å². The molecule has 0 amide bonds. The van der Waals surface area contributed by atoms with Crippen LogP contribution in [-0.2, 0) is 0 Å². The Morgan fingerprint density at radius 2 is 1.79 bits per heavy atom. The molecular weight excluding hydrogens is 258 g/mol. The second-order valence-electron chi connectivity index (χ2n) is 5.27. The van der Waals surface area contributed by atoms with Gasteiger partial charge in [-0.15, -0.1) is 10.2 Å². The Hall–Kier alpha value is -1.35.